The number of carbonyl (C=O) groups excluding carboxylic acids is 1. The summed E-state index contributed by atoms with van der Waals surface area (Å²) in [4.78, 5) is 28.4. The lowest BCUT2D eigenvalue weighted by Gasteiger charge is -2.18. The van der Waals surface area contributed by atoms with E-state index in [4.69, 9.17) is 5.73 Å². The smallest absolute Gasteiger partial charge is 0.273 e. The number of nitrogens with two attached hydrogens (primary N) is 1. The van der Waals surface area contributed by atoms with Gasteiger partial charge in [-0.15, -0.1) is 0 Å². The Bertz CT molecular complexity index is 1310. The summed E-state index contributed by atoms with van der Waals surface area (Å²) >= 11 is 0. The summed E-state index contributed by atoms with van der Waals surface area (Å²) in [6.07, 6.45) is 1.78. The van der Waals surface area contributed by atoms with Crippen LogP contribution in [0.3, 0.4) is 0 Å². The molecule has 3 aromatic heterocycles. The highest BCUT2D eigenvalue weighted by atomic mass is 16.3. The molecule has 3 N–H and O–H groups in total. The summed E-state index contributed by atoms with van der Waals surface area (Å²) in [5.41, 5.74) is 10.0. The molecule has 0 saturated carbocycles. The van der Waals surface area contributed by atoms with E-state index in [1.807, 2.05) is 31.5 Å². The van der Waals surface area contributed by atoms with Gasteiger partial charge in [0.05, 0.1) is 11.7 Å². The first-order valence-electron chi connectivity index (χ1n) is 10.3. The van der Waals surface area contributed by atoms with Crippen molar-refractivity contribution in [3.8, 4) is 17.1 Å². The highest BCUT2D eigenvalue weighted by Gasteiger charge is 2.21. The largest absolute Gasteiger partial charge is 0.508 e. The van der Waals surface area contributed by atoms with Crippen LogP contribution in [0.1, 0.15) is 34.4 Å². The number of phenols is 1. The SMILES string of the molecule is CCn1ncc(CN(C)C(=O)c2nc(-c3cc(C)nc(N)c3)nc3ccc(O)cc23)c1C. The first kappa shape index (κ1) is 21.2. The van der Waals surface area contributed by atoms with Crippen molar-refractivity contribution in [2.75, 3.05) is 12.8 Å². The molecule has 32 heavy (non-hydrogen) atoms. The zero-order valence-electron chi connectivity index (χ0n) is 18.5. The van der Waals surface area contributed by atoms with Gasteiger partial charge in [0.15, 0.2) is 5.82 Å². The average Bonchev–Trinajstić information content (AvgIpc) is 3.11. The van der Waals surface area contributed by atoms with E-state index >= 15 is 0 Å². The van der Waals surface area contributed by atoms with Crippen molar-refractivity contribution in [3.63, 3.8) is 0 Å². The van der Waals surface area contributed by atoms with Crippen LogP contribution in [0.4, 0.5) is 5.82 Å². The molecule has 0 bridgehead atoms. The molecule has 9 heteroatoms. The first-order chi connectivity index (χ1) is 15.3. The summed E-state index contributed by atoms with van der Waals surface area (Å²) in [5, 5.41) is 14.8. The fourth-order valence-corrected chi connectivity index (χ4v) is 3.70. The Hall–Kier alpha value is -4.01. The normalized spacial score (nSPS) is 11.1. The minimum atomic E-state index is -0.286. The van der Waals surface area contributed by atoms with Crippen molar-refractivity contribution in [1.29, 1.82) is 0 Å². The lowest BCUT2D eigenvalue weighted by molar-refractivity contribution is 0.0781. The molecule has 0 spiro atoms. The summed E-state index contributed by atoms with van der Waals surface area (Å²) in [6, 6.07) is 8.20. The van der Waals surface area contributed by atoms with Crippen LogP contribution in [0.2, 0.25) is 0 Å². The number of aryl methyl sites for hydroxylation is 2. The van der Waals surface area contributed by atoms with Gasteiger partial charge >= 0.3 is 0 Å². The third-order valence-electron chi connectivity index (χ3n) is 5.37. The predicted molar refractivity (Wildman–Crippen MR) is 122 cm³/mol. The standard InChI is InChI=1S/C23H25N7O2/c1-5-30-14(3)16(11-25-30)12-29(4)23(32)21-18-10-17(31)6-7-19(18)27-22(28-21)15-8-13(2)26-20(24)9-15/h6-11,31H,5,12H2,1-4H3,(H2,24,26). The topological polar surface area (TPSA) is 123 Å². The average molecular weight is 432 g/mol. The van der Waals surface area contributed by atoms with Gasteiger partial charge in [-0.3, -0.25) is 9.48 Å². The zero-order valence-corrected chi connectivity index (χ0v) is 18.5. The maximum atomic E-state index is 13.5. The Balaban J connectivity index is 1.79. The number of phenolic OH excluding ortho intramolecular Hbond substituents is 1. The fraction of sp³-hybridized carbons (Fsp3) is 0.261. The first-order valence-corrected chi connectivity index (χ1v) is 10.3. The number of nitrogens with zero attached hydrogens (tertiary/aromatic N) is 6. The molecule has 0 saturated heterocycles. The number of rotatable bonds is 5. The van der Waals surface area contributed by atoms with Crippen molar-refractivity contribution in [2.45, 2.75) is 33.9 Å². The van der Waals surface area contributed by atoms with Crippen LogP contribution in [0.15, 0.2) is 36.5 Å². The van der Waals surface area contributed by atoms with Gasteiger partial charge in [0, 0.05) is 48.0 Å². The number of aromatic hydroxyl groups is 1. The van der Waals surface area contributed by atoms with E-state index in [-0.39, 0.29) is 17.4 Å². The Labute approximate surface area is 185 Å². The summed E-state index contributed by atoms with van der Waals surface area (Å²) < 4.78 is 1.89. The molecular weight excluding hydrogens is 406 g/mol. The van der Waals surface area contributed by atoms with Crippen LogP contribution >= 0.6 is 0 Å². The molecule has 3 heterocycles. The monoisotopic (exact) mass is 431 g/mol. The highest BCUT2D eigenvalue weighted by Crippen LogP contribution is 2.27. The molecule has 164 valence electrons. The minimum absolute atomic E-state index is 0.0367. The van der Waals surface area contributed by atoms with Crippen LogP contribution in [-0.4, -0.2) is 47.7 Å². The molecule has 1 amide bonds. The summed E-state index contributed by atoms with van der Waals surface area (Å²) in [6.45, 7) is 6.98. The van der Waals surface area contributed by atoms with Crippen molar-refractivity contribution in [2.24, 2.45) is 0 Å². The van der Waals surface area contributed by atoms with Gasteiger partial charge in [0.1, 0.15) is 17.3 Å². The highest BCUT2D eigenvalue weighted by molar-refractivity contribution is 6.05. The van der Waals surface area contributed by atoms with Crippen molar-refractivity contribution in [3.05, 3.63) is 59.2 Å². The molecule has 0 unspecified atom stereocenters. The molecule has 4 aromatic rings. The van der Waals surface area contributed by atoms with Crippen molar-refractivity contribution >= 4 is 22.6 Å². The van der Waals surface area contributed by atoms with Gasteiger partial charge in [-0.1, -0.05) is 0 Å². The third-order valence-corrected chi connectivity index (χ3v) is 5.37. The summed E-state index contributed by atoms with van der Waals surface area (Å²) in [7, 11) is 1.72. The Morgan fingerprint density at radius 2 is 1.94 bits per heavy atom. The van der Waals surface area contributed by atoms with Gasteiger partial charge in [-0.25, -0.2) is 15.0 Å². The third kappa shape index (κ3) is 3.96. The van der Waals surface area contributed by atoms with Gasteiger partial charge in [-0.2, -0.15) is 5.10 Å². The Morgan fingerprint density at radius 1 is 1.16 bits per heavy atom. The zero-order chi connectivity index (χ0) is 23.0. The number of amides is 1. The minimum Gasteiger partial charge on any atom is -0.508 e. The number of hydrogen-bond donors (Lipinski definition) is 2. The number of anilines is 1. The number of nitrogen functional groups attached to an aromatic ring is 1. The quantitative estimate of drug-likeness (QED) is 0.498. The second-order valence-corrected chi connectivity index (χ2v) is 7.75. The van der Waals surface area contributed by atoms with Crippen molar-refractivity contribution < 1.29 is 9.90 Å². The number of benzene rings is 1. The van der Waals surface area contributed by atoms with Crippen LogP contribution in [0.5, 0.6) is 5.75 Å². The summed E-state index contributed by atoms with van der Waals surface area (Å²) in [5.74, 6) is 0.469. The van der Waals surface area contributed by atoms with E-state index in [1.165, 1.54) is 12.1 Å². The van der Waals surface area contributed by atoms with Gasteiger partial charge < -0.3 is 15.7 Å². The van der Waals surface area contributed by atoms with E-state index < -0.39 is 0 Å². The van der Waals surface area contributed by atoms with Gasteiger partial charge in [0.25, 0.3) is 5.91 Å². The second-order valence-electron chi connectivity index (χ2n) is 7.75. The number of carbonyl (C=O) groups is 1. The van der Waals surface area contributed by atoms with Crippen LogP contribution < -0.4 is 5.73 Å². The van der Waals surface area contributed by atoms with Gasteiger partial charge in [0.2, 0.25) is 0 Å². The maximum absolute atomic E-state index is 13.5. The number of hydrogen-bond acceptors (Lipinski definition) is 7. The fourth-order valence-electron chi connectivity index (χ4n) is 3.70. The van der Waals surface area contributed by atoms with E-state index in [9.17, 15) is 9.90 Å². The number of pyridine rings is 1. The van der Waals surface area contributed by atoms with E-state index in [0.29, 0.717) is 34.7 Å². The molecule has 0 atom stereocenters. The number of aromatic nitrogens is 5. The van der Waals surface area contributed by atoms with E-state index in [1.54, 1.807) is 30.3 Å². The van der Waals surface area contributed by atoms with Gasteiger partial charge in [-0.05, 0) is 51.1 Å². The molecule has 4 rings (SSSR count). The van der Waals surface area contributed by atoms with Crippen LogP contribution in [0.25, 0.3) is 22.3 Å². The van der Waals surface area contributed by atoms with Crippen molar-refractivity contribution in [1.82, 2.24) is 29.6 Å². The van der Waals surface area contributed by atoms with E-state index in [0.717, 1.165) is 23.5 Å². The second kappa shape index (κ2) is 8.26. The Morgan fingerprint density at radius 3 is 2.62 bits per heavy atom. The molecule has 0 aliphatic rings. The molecule has 1 aromatic carbocycles. The molecule has 9 nitrogen and oxygen atoms in total. The van der Waals surface area contributed by atoms with Crippen LogP contribution in [-0.2, 0) is 13.1 Å². The Kier molecular flexibility index (Phi) is 5.48. The molecule has 0 aliphatic heterocycles. The molecular formula is C23H25N7O2. The molecule has 0 radical (unpaired) electrons. The van der Waals surface area contributed by atoms with E-state index in [2.05, 4.69) is 20.1 Å². The number of fused-ring (bicyclic) bond motifs is 1. The molecule has 0 aliphatic carbocycles. The predicted octanol–water partition coefficient (Wildman–Crippen LogP) is 3.09. The maximum Gasteiger partial charge on any atom is 0.273 e. The van der Waals surface area contributed by atoms with Crippen LogP contribution in [0, 0.1) is 13.8 Å². The molecule has 0 fully saturated rings. The lowest BCUT2D eigenvalue weighted by Crippen LogP contribution is -2.27. The lowest BCUT2D eigenvalue weighted by atomic mass is 10.1.